The van der Waals surface area contributed by atoms with Gasteiger partial charge in [0.25, 0.3) is 0 Å². The molecule has 0 bridgehead atoms. The van der Waals surface area contributed by atoms with Crippen LogP contribution in [0.25, 0.3) is 0 Å². The first-order valence-electron chi connectivity index (χ1n) is 4.68. The van der Waals surface area contributed by atoms with E-state index in [1.807, 2.05) is 19.2 Å². The predicted octanol–water partition coefficient (Wildman–Crippen LogP) is 1.26. The highest BCUT2D eigenvalue weighted by molar-refractivity contribution is 5.01. The third-order valence-electron chi connectivity index (χ3n) is 2.23. The summed E-state index contributed by atoms with van der Waals surface area (Å²) in [6, 6.07) is 4.42. The van der Waals surface area contributed by atoms with Crippen molar-refractivity contribution in [2.45, 2.75) is 26.3 Å². The summed E-state index contributed by atoms with van der Waals surface area (Å²) in [5.74, 6) is 0.618. The summed E-state index contributed by atoms with van der Waals surface area (Å²) in [6.07, 6.45) is 2.65. The largest absolute Gasteiger partial charge is 0.316 e. The van der Waals surface area contributed by atoms with Gasteiger partial charge in [-0.15, -0.1) is 0 Å². The molecule has 0 amide bonds. The second-order valence-electron chi connectivity index (χ2n) is 3.56. The van der Waals surface area contributed by atoms with Gasteiger partial charge in [0.1, 0.15) is 0 Å². The van der Waals surface area contributed by atoms with Crippen LogP contribution in [0.2, 0.25) is 0 Å². The van der Waals surface area contributed by atoms with E-state index in [1.165, 1.54) is 0 Å². The molecule has 1 atom stereocenters. The molecule has 0 spiro atoms. The molecule has 1 aromatic rings. The third-order valence-corrected chi connectivity index (χ3v) is 2.23. The molecule has 13 heavy (non-hydrogen) atoms. The highest BCUT2D eigenvalue weighted by Crippen LogP contribution is 2.06. The SMILES string of the molecule is CNC(Cc1cccnn1)C(C)C. The van der Waals surface area contributed by atoms with E-state index in [4.69, 9.17) is 0 Å². The van der Waals surface area contributed by atoms with Crippen molar-refractivity contribution in [1.29, 1.82) is 0 Å². The molecule has 1 unspecified atom stereocenters. The van der Waals surface area contributed by atoms with Gasteiger partial charge >= 0.3 is 0 Å². The number of likely N-dealkylation sites (N-methyl/N-ethyl adjacent to an activating group) is 1. The average molecular weight is 179 g/mol. The number of aromatic nitrogens is 2. The van der Waals surface area contributed by atoms with Crippen LogP contribution in [0, 0.1) is 5.92 Å². The standard InChI is InChI=1S/C10H17N3/c1-8(2)10(11-3)7-9-5-4-6-12-13-9/h4-6,8,10-11H,7H2,1-3H3. The molecule has 0 saturated heterocycles. The Balaban J connectivity index is 2.57. The van der Waals surface area contributed by atoms with Crippen LogP contribution in [0.5, 0.6) is 0 Å². The van der Waals surface area contributed by atoms with E-state index in [2.05, 4.69) is 29.4 Å². The summed E-state index contributed by atoms with van der Waals surface area (Å²) in [5, 5.41) is 11.2. The van der Waals surface area contributed by atoms with Gasteiger partial charge in [-0.25, -0.2) is 0 Å². The Kier molecular flexibility index (Phi) is 3.83. The fraction of sp³-hybridized carbons (Fsp3) is 0.600. The molecule has 0 aliphatic carbocycles. The van der Waals surface area contributed by atoms with E-state index in [0.29, 0.717) is 12.0 Å². The van der Waals surface area contributed by atoms with E-state index >= 15 is 0 Å². The quantitative estimate of drug-likeness (QED) is 0.756. The number of hydrogen-bond acceptors (Lipinski definition) is 3. The van der Waals surface area contributed by atoms with Gasteiger partial charge in [0.2, 0.25) is 0 Å². The Morgan fingerprint density at radius 1 is 1.46 bits per heavy atom. The lowest BCUT2D eigenvalue weighted by Gasteiger charge is -2.19. The van der Waals surface area contributed by atoms with Crippen LogP contribution in [0.3, 0.4) is 0 Å². The van der Waals surface area contributed by atoms with Gasteiger partial charge in [-0.05, 0) is 25.1 Å². The molecule has 0 aliphatic heterocycles. The van der Waals surface area contributed by atoms with Crippen molar-refractivity contribution in [3.63, 3.8) is 0 Å². The maximum atomic E-state index is 4.06. The normalized spacial score (nSPS) is 13.2. The van der Waals surface area contributed by atoms with Crippen LogP contribution in [0.4, 0.5) is 0 Å². The number of nitrogens with one attached hydrogen (secondary N) is 1. The van der Waals surface area contributed by atoms with Crippen LogP contribution in [0.15, 0.2) is 18.3 Å². The van der Waals surface area contributed by atoms with Crippen molar-refractivity contribution in [3.8, 4) is 0 Å². The lowest BCUT2D eigenvalue weighted by atomic mass is 9.99. The van der Waals surface area contributed by atoms with Crippen LogP contribution >= 0.6 is 0 Å². The Labute approximate surface area is 79.6 Å². The van der Waals surface area contributed by atoms with Crippen molar-refractivity contribution in [3.05, 3.63) is 24.0 Å². The van der Waals surface area contributed by atoms with Crippen molar-refractivity contribution < 1.29 is 0 Å². The number of nitrogens with zero attached hydrogens (tertiary/aromatic N) is 2. The van der Waals surface area contributed by atoms with Crippen molar-refractivity contribution >= 4 is 0 Å². The molecule has 72 valence electrons. The second-order valence-corrected chi connectivity index (χ2v) is 3.56. The Morgan fingerprint density at radius 2 is 2.23 bits per heavy atom. The molecule has 3 nitrogen and oxygen atoms in total. The van der Waals surface area contributed by atoms with Crippen LogP contribution in [-0.2, 0) is 6.42 Å². The Morgan fingerprint density at radius 3 is 2.69 bits per heavy atom. The average Bonchev–Trinajstić information content (AvgIpc) is 2.15. The first kappa shape index (κ1) is 10.1. The lowest BCUT2D eigenvalue weighted by molar-refractivity contribution is 0.420. The molecule has 0 radical (unpaired) electrons. The highest BCUT2D eigenvalue weighted by atomic mass is 15.1. The van der Waals surface area contributed by atoms with E-state index in [-0.39, 0.29) is 0 Å². The van der Waals surface area contributed by atoms with Gasteiger partial charge in [-0.2, -0.15) is 10.2 Å². The zero-order chi connectivity index (χ0) is 9.68. The van der Waals surface area contributed by atoms with Gasteiger partial charge in [0, 0.05) is 18.7 Å². The maximum absolute atomic E-state index is 4.06. The minimum atomic E-state index is 0.483. The minimum Gasteiger partial charge on any atom is -0.316 e. The molecule has 1 rings (SSSR count). The first-order valence-corrected chi connectivity index (χ1v) is 4.68. The zero-order valence-electron chi connectivity index (χ0n) is 8.49. The minimum absolute atomic E-state index is 0.483. The summed E-state index contributed by atoms with van der Waals surface area (Å²) in [7, 11) is 1.99. The van der Waals surface area contributed by atoms with Crippen LogP contribution in [0.1, 0.15) is 19.5 Å². The van der Waals surface area contributed by atoms with Gasteiger partial charge in [0.15, 0.2) is 0 Å². The molecule has 1 aromatic heterocycles. The van der Waals surface area contributed by atoms with Crippen molar-refractivity contribution in [2.75, 3.05) is 7.05 Å². The van der Waals surface area contributed by atoms with Gasteiger partial charge in [-0.3, -0.25) is 0 Å². The summed E-state index contributed by atoms with van der Waals surface area (Å²) in [5.41, 5.74) is 1.05. The molecule has 0 aliphatic rings. The zero-order valence-corrected chi connectivity index (χ0v) is 8.49. The lowest BCUT2D eigenvalue weighted by Crippen LogP contribution is -2.33. The van der Waals surface area contributed by atoms with E-state index in [1.54, 1.807) is 6.20 Å². The Bertz CT molecular complexity index is 233. The van der Waals surface area contributed by atoms with Crippen molar-refractivity contribution in [1.82, 2.24) is 15.5 Å². The summed E-state index contributed by atoms with van der Waals surface area (Å²) in [4.78, 5) is 0. The van der Waals surface area contributed by atoms with E-state index < -0.39 is 0 Å². The number of rotatable bonds is 4. The molecule has 3 heteroatoms. The number of hydrogen-bond donors (Lipinski definition) is 1. The second kappa shape index (κ2) is 4.92. The van der Waals surface area contributed by atoms with Crippen LogP contribution in [-0.4, -0.2) is 23.3 Å². The fourth-order valence-electron chi connectivity index (χ4n) is 1.34. The molecule has 1 N–H and O–H groups in total. The smallest absolute Gasteiger partial charge is 0.0646 e. The van der Waals surface area contributed by atoms with Gasteiger partial charge < -0.3 is 5.32 Å². The topological polar surface area (TPSA) is 37.8 Å². The van der Waals surface area contributed by atoms with Gasteiger partial charge in [-0.1, -0.05) is 13.8 Å². The summed E-state index contributed by atoms with van der Waals surface area (Å²) >= 11 is 0. The molecule has 1 heterocycles. The van der Waals surface area contributed by atoms with E-state index in [9.17, 15) is 0 Å². The fourth-order valence-corrected chi connectivity index (χ4v) is 1.34. The maximum Gasteiger partial charge on any atom is 0.0646 e. The highest BCUT2D eigenvalue weighted by Gasteiger charge is 2.11. The summed E-state index contributed by atoms with van der Waals surface area (Å²) < 4.78 is 0. The van der Waals surface area contributed by atoms with E-state index in [0.717, 1.165) is 12.1 Å². The predicted molar refractivity (Wildman–Crippen MR) is 53.4 cm³/mol. The molecule has 0 fully saturated rings. The Hall–Kier alpha value is -0.960. The monoisotopic (exact) mass is 179 g/mol. The van der Waals surface area contributed by atoms with Crippen molar-refractivity contribution in [2.24, 2.45) is 5.92 Å². The van der Waals surface area contributed by atoms with Crippen LogP contribution < -0.4 is 5.32 Å². The molecular formula is C10H17N3. The molecular weight excluding hydrogens is 162 g/mol. The molecule has 0 aromatic carbocycles. The molecule has 0 saturated carbocycles. The third kappa shape index (κ3) is 3.11. The first-order chi connectivity index (χ1) is 6.24. The van der Waals surface area contributed by atoms with Gasteiger partial charge in [0.05, 0.1) is 5.69 Å². The summed E-state index contributed by atoms with van der Waals surface area (Å²) in [6.45, 7) is 4.41.